The summed E-state index contributed by atoms with van der Waals surface area (Å²) < 4.78 is 67.0. The lowest BCUT2D eigenvalue weighted by atomic mass is 9.73. The topological polar surface area (TPSA) is 107 Å². The molecule has 12 heteroatoms. The summed E-state index contributed by atoms with van der Waals surface area (Å²) in [7, 11) is 1.30. The standard InChI is InChI=1S/C25H20F4N2O6/c1-35-18-6-4-14(11-16(18)23(33)34)22(32)31-13-24(8-10-36-20-3-2-9-30-21(20)24)15-5-7-19(17(26)12-15)37-25(27,28)29/h2-7,9,11-12H,8,10,13H2,1H3,(H,31,32)(H,33,34)/t24-/m0/s1. The zero-order valence-corrected chi connectivity index (χ0v) is 19.3. The number of benzene rings is 2. The van der Waals surface area contributed by atoms with Crippen LogP contribution in [0.2, 0.25) is 0 Å². The van der Waals surface area contributed by atoms with Gasteiger partial charge in [0.2, 0.25) is 0 Å². The van der Waals surface area contributed by atoms with E-state index in [0.717, 1.165) is 18.2 Å². The number of methoxy groups -OCH3 is 1. The summed E-state index contributed by atoms with van der Waals surface area (Å²) in [6.07, 6.45) is -3.39. The van der Waals surface area contributed by atoms with E-state index in [9.17, 15) is 32.3 Å². The van der Waals surface area contributed by atoms with Gasteiger partial charge in [-0.3, -0.25) is 9.78 Å². The van der Waals surface area contributed by atoms with Gasteiger partial charge < -0.3 is 24.6 Å². The van der Waals surface area contributed by atoms with Crippen molar-refractivity contribution in [1.82, 2.24) is 10.3 Å². The van der Waals surface area contributed by atoms with E-state index in [0.29, 0.717) is 11.4 Å². The van der Waals surface area contributed by atoms with Crippen LogP contribution in [0.4, 0.5) is 17.6 Å². The van der Waals surface area contributed by atoms with E-state index in [2.05, 4.69) is 15.0 Å². The maximum absolute atomic E-state index is 14.7. The number of alkyl halides is 3. The maximum atomic E-state index is 14.7. The molecular formula is C25H20F4N2O6. The highest BCUT2D eigenvalue weighted by atomic mass is 19.4. The van der Waals surface area contributed by atoms with Gasteiger partial charge in [0.25, 0.3) is 5.91 Å². The molecule has 1 atom stereocenters. The van der Waals surface area contributed by atoms with E-state index >= 15 is 0 Å². The Morgan fingerprint density at radius 2 is 1.92 bits per heavy atom. The third kappa shape index (κ3) is 5.27. The molecule has 1 aliphatic rings. The molecule has 3 aromatic rings. The Balaban J connectivity index is 1.71. The van der Waals surface area contributed by atoms with E-state index < -0.39 is 35.2 Å². The number of pyridine rings is 1. The Bertz CT molecular complexity index is 1350. The van der Waals surface area contributed by atoms with Crippen molar-refractivity contribution in [3.8, 4) is 17.2 Å². The lowest BCUT2D eigenvalue weighted by Crippen LogP contribution is -2.45. The second-order valence-corrected chi connectivity index (χ2v) is 8.13. The third-order valence-electron chi connectivity index (χ3n) is 5.96. The molecule has 2 aromatic carbocycles. The van der Waals surface area contributed by atoms with Crippen LogP contribution in [0.3, 0.4) is 0 Å². The van der Waals surface area contributed by atoms with E-state index in [-0.39, 0.29) is 42.0 Å². The van der Waals surface area contributed by atoms with Crippen molar-refractivity contribution in [2.24, 2.45) is 0 Å². The molecule has 2 heterocycles. The van der Waals surface area contributed by atoms with Gasteiger partial charge in [-0.15, -0.1) is 13.2 Å². The molecule has 0 aliphatic carbocycles. The molecule has 37 heavy (non-hydrogen) atoms. The molecular weight excluding hydrogens is 500 g/mol. The number of amides is 1. The number of carboxylic acids is 1. The van der Waals surface area contributed by atoms with Gasteiger partial charge in [-0.1, -0.05) is 6.07 Å². The quantitative estimate of drug-likeness (QED) is 0.447. The minimum Gasteiger partial charge on any atom is -0.496 e. The van der Waals surface area contributed by atoms with Crippen LogP contribution in [0.25, 0.3) is 0 Å². The summed E-state index contributed by atoms with van der Waals surface area (Å²) in [6, 6.07) is 10.2. The van der Waals surface area contributed by atoms with Crippen molar-refractivity contribution >= 4 is 11.9 Å². The number of hydrogen-bond donors (Lipinski definition) is 2. The summed E-state index contributed by atoms with van der Waals surface area (Å²) >= 11 is 0. The number of nitrogens with one attached hydrogen (secondary N) is 1. The molecule has 194 valence electrons. The number of carboxylic acid groups (broad SMARTS) is 1. The van der Waals surface area contributed by atoms with E-state index in [1.807, 2.05) is 0 Å². The largest absolute Gasteiger partial charge is 0.573 e. The normalized spacial score (nSPS) is 16.8. The highest BCUT2D eigenvalue weighted by Crippen LogP contribution is 2.43. The zero-order valence-electron chi connectivity index (χ0n) is 19.3. The average Bonchev–Trinajstić information content (AvgIpc) is 2.87. The van der Waals surface area contributed by atoms with Gasteiger partial charge in [0, 0.05) is 18.3 Å². The summed E-state index contributed by atoms with van der Waals surface area (Å²) in [6.45, 7) is 0.00917. The predicted molar refractivity (Wildman–Crippen MR) is 120 cm³/mol. The number of halogens is 4. The molecule has 2 N–H and O–H groups in total. The van der Waals surface area contributed by atoms with Crippen LogP contribution in [0.5, 0.6) is 17.2 Å². The van der Waals surface area contributed by atoms with Crippen LogP contribution in [0, 0.1) is 5.82 Å². The van der Waals surface area contributed by atoms with Crippen LogP contribution in [0.15, 0.2) is 54.7 Å². The molecule has 1 aromatic heterocycles. The van der Waals surface area contributed by atoms with Crippen molar-refractivity contribution in [2.45, 2.75) is 18.2 Å². The number of nitrogens with zero attached hydrogens (tertiary/aromatic N) is 1. The predicted octanol–water partition coefficient (Wildman–Crippen LogP) is 4.32. The van der Waals surface area contributed by atoms with Crippen molar-refractivity contribution in [2.75, 3.05) is 20.3 Å². The van der Waals surface area contributed by atoms with Crippen LogP contribution in [0.1, 0.15) is 38.4 Å². The van der Waals surface area contributed by atoms with Crippen LogP contribution in [-0.4, -0.2) is 48.6 Å². The van der Waals surface area contributed by atoms with Gasteiger partial charge in [-0.2, -0.15) is 0 Å². The number of aromatic carboxylic acids is 1. The smallest absolute Gasteiger partial charge is 0.496 e. The number of fused-ring (bicyclic) bond motifs is 1. The Kier molecular flexibility index (Phi) is 6.92. The first kappa shape index (κ1) is 25.7. The van der Waals surface area contributed by atoms with Gasteiger partial charge in [0.15, 0.2) is 11.6 Å². The Morgan fingerprint density at radius 1 is 1.16 bits per heavy atom. The van der Waals surface area contributed by atoms with Crippen molar-refractivity contribution in [1.29, 1.82) is 0 Å². The van der Waals surface area contributed by atoms with Gasteiger partial charge in [-0.25, -0.2) is 9.18 Å². The summed E-state index contributed by atoms with van der Waals surface area (Å²) in [5, 5.41) is 12.1. The highest BCUT2D eigenvalue weighted by Gasteiger charge is 2.42. The monoisotopic (exact) mass is 520 g/mol. The zero-order chi connectivity index (χ0) is 26.8. The second kappa shape index (κ2) is 9.96. The lowest BCUT2D eigenvalue weighted by Gasteiger charge is -2.38. The Hall–Kier alpha value is -4.35. The molecule has 4 rings (SSSR count). The number of aromatic nitrogens is 1. The fraction of sp³-hybridized carbons (Fsp3) is 0.240. The highest BCUT2D eigenvalue weighted by molar-refractivity contribution is 5.99. The molecule has 0 fully saturated rings. The average molecular weight is 520 g/mol. The molecule has 0 unspecified atom stereocenters. The summed E-state index contributed by atoms with van der Waals surface area (Å²) in [4.78, 5) is 28.9. The third-order valence-corrected chi connectivity index (χ3v) is 5.96. The fourth-order valence-electron chi connectivity index (χ4n) is 4.23. The number of carbonyl (C=O) groups is 2. The number of ether oxygens (including phenoxy) is 3. The first-order chi connectivity index (χ1) is 17.5. The summed E-state index contributed by atoms with van der Waals surface area (Å²) in [5.74, 6) is -3.72. The maximum Gasteiger partial charge on any atom is 0.573 e. The van der Waals surface area contributed by atoms with Crippen LogP contribution >= 0.6 is 0 Å². The fourth-order valence-corrected chi connectivity index (χ4v) is 4.23. The molecule has 0 bridgehead atoms. The second-order valence-electron chi connectivity index (χ2n) is 8.13. The van der Waals surface area contributed by atoms with Crippen LogP contribution < -0.4 is 19.5 Å². The molecule has 0 radical (unpaired) electrons. The van der Waals surface area contributed by atoms with Crippen molar-refractivity contribution < 1.29 is 46.5 Å². The van der Waals surface area contributed by atoms with E-state index in [4.69, 9.17) is 9.47 Å². The number of carbonyl (C=O) groups excluding carboxylic acids is 1. The van der Waals surface area contributed by atoms with E-state index in [1.165, 1.54) is 31.5 Å². The first-order valence-electron chi connectivity index (χ1n) is 10.9. The first-order valence-corrected chi connectivity index (χ1v) is 10.9. The Labute approximate surface area is 207 Å². The minimum atomic E-state index is -5.08. The molecule has 0 saturated carbocycles. The van der Waals surface area contributed by atoms with Crippen molar-refractivity contribution in [3.63, 3.8) is 0 Å². The van der Waals surface area contributed by atoms with Gasteiger partial charge in [-0.05, 0) is 54.4 Å². The molecule has 0 spiro atoms. The lowest BCUT2D eigenvalue weighted by molar-refractivity contribution is -0.275. The number of hydrogen-bond acceptors (Lipinski definition) is 6. The molecule has 1 aliphatic heterocycles. The van der Waals surface area contributed by atoms with Crippen LogP contribution in [-0.2, 0) is 5.41 Å². The number of rotatable bonds is 7. The molecule has 0 saturated heterocycles. The molecule has 1 amide bonds. The molecule has 8 nitrogen and oxygen atoms in total. The van der Waals surface area contributed by atoms with Gasteiger partial charge in [0.05, 0.1) is 24.8 Å². The Morgan fingerprint density at radius 3 is 2.59 bits per heavy atom. The summed E-state index contributed by atoms with van der Waals surface area (Å²) in [5.41, 5.74) is -0.771. The van der Waals surface area contributed by atoms with Gasteiger partial charge >= 0.3 is 12.3 Å². The van der Waals surface area contributed by atoms with E-state index in [1.54, 1.807) is 12.1 Å². The SMILES string of the molecule is COc1ccc(C(=O)NC[C@]2(c3ccc(OC(F)(F)F)c(F)c3)CCOc3cccnc32)cc1C(=O)O. The van der Waals surface area contributed by atoms with Crippen molar-refractivity contribution in [3.05, 3.63) is 82.9 Å². The minimum absolute atomic E-state index is 0.0294. The van der Waals surface area contributed by atoms with Gasteiger partial charge in [0.1, 0.15) is 17.1 Å².